The average molecular weight is 723 g/mol. The zero-order valence-corrected chi connectivity index (χ0v) is 30.2. The van der Waals surface area contributed by atoms with Gasteiger partial charge in [-0.3, -0.25) is 34.1 Å². The molecule has 0 aromatic carbocycles. The SMILES string of the molecule is CC(=O)O.CC(=O)c1ccc(Cl)cn1.CO.O=C(CC(O)C(=O)[O-])c1ccc(Cl)cn1.O=c1ccc(-c2ccc(Cl)cn2)n[nH]1.[K+]. The minimum absolute atomic E-state index is 0. The van der Waals surface area contributed by atoms with Crippen LogP contribution in [0.2, 0.25) is 15.1 Å². The standard InChI is InChI=1S/C9H6ClN3O.C9H8ClNO4.C7H6ClNO.C2H4O2.CH4O.K/c10-6-1-2-7(11-5-6)8-3-4-9(14)13-12-8;10-5-1-2-6(11-4-5)7(12)3-8(13)9(14)15;1-5(10)7-3-2-6(8)4-9-7;1-2(3)4;1-2;/h1-5H,(H,13,14);1-2,4,8,13H,3H2,(H,14,15);2-4H,1H3;1H3,(H,3,4);2H,1H3;/q;;;;;+1/p-1. The number of ketones is 2. The van der Waals surface area contributed by atoms with E-state index in [4.69, 9.17) is 54.9 Å². The van der Waals surface area contributed by atoms with Crippen molar-refractivity contribution in [1.82, 2.24) is 25.1 Å². The summed E-state index contributed by atoms with van der Waals surface area (Å²) in [6.07, 6.45) is 1.88. The third kappa shape index (κ3) is 20.2. The number of aliphatic hydroxyl groups is 2. The molecule has 0 saturated heterocycles. The molecule has 4 N–H and O–H groups in total. The van der Waals surface area contributed by atoms with E-state index in [2.05, 4.69) is 25.1 Å². The normalized spacial score (nSPS) is 9.74. The van der Waals surface area contributed by atoms with Crippen LogP contribution in [0.5, 0.6) is 0 Å². The van der Waals surface area contributed by atoms with Gasteiger partial charge in [0, 0.05) is 52.0 Å². The largest absolute Gasteiger partial charge is 1.00 e. The van der Waals surface area contributed by atoms with Gasteiger partial charge in [-0.15, -0.1) is 0 Å². The molecular formula is C28H27Cl3KN5O9. The van der Waals surface area contributed by atoms with Crippen molar-refractivity contribution in [2.75, 3.05) is 7.11 Å². The van der Waals surface area contributed by atoms with Gasteiger partial charge in [0.05, 0.1) is 26.7 Å². The number of H-pyrrole nitrogens is 1. The van der Waals surface area contributed by atoms with Gasteiger partial charge in [-0.2, -0.15) is 5.10 Å². The minimum Gasteiger partial charge on any atom is -0.547 e. The van der Waals surface area contributed by atoms with E-state index >= 15 is 0 Å². The predicted octanol–water partition coefficient (Wildman–Crippen LogP) is -0.455. The number of hydrogen-bond acceptors (Lipinski definition) is 12. The maximum Gasteiger partial charge on any atom is 1.00 e. The second-order valence-corrected chi connectivity index (χ2v) is 9.24. The monoisotopic (exact) mass is 721 g/mol. The van der Waals surface area contributed by atoms with Crippen molar-refractivity contribution in [3.63, 3.8) is 0 Å². The fraction of sp³-hybridized carbons (Fsp3) is 0.179. The first-order chi connectivity index (χ1) is 21.2. The number of carboxylic acid groups (broad SMARTS) is 2. The van der Waals surface area contributed by atoms with Crippen LogP contribution in [0.1, 0.15) is 41.2 Å². The number of rotatable bonds is 6. The van der Waals surface area contributed by atoms with Crippen molar-refractivity contribution in [3.05, 3.63) is 104 Å². The van der Waals surface area contributed by atoms with Crippen LogP contribution < -0.4 is 62.1 Å². The summed E-state index contributed by atoms with van der Waals surface area (Å²) in [4.78, 5) is 63.4. The van der Waals surface area contributed by atoms with E-state index in [1.807, 2.05) is 0 Å². The summed E-state index contributed by atoms with van der Waals surface area (Å²) >= 11 is 16.8. The molecule has 4 aromatic rings. The molecule has 0 aliphatic rings. The molecule has 0 aliphatic heterocycles. The fourth-order valence-electron chi connectivity index (χ4n) is 2.50. The van der Waals surface area contributed by atoms with E-state index in [0.717, 1.165) is 14.0 Å². The number of pyridine rings is 3. The first-order valence-corrected chi connectivity index (χ1v) is 13.3. The first-order valence-electron chi connectivity index (χ1n) is 12.2. The molecule has 1 atom stereocenters. The Morgan fingerprint density at radius 3 is 1.57 bits per heavy atom. The zero-order valence-electron chi connectivity index (χ0n) is 24.8. The summed E-state index contributed by atoms with van der Waals surface area (Å²) < 4.78 is 0. The van der Waals surface area contributed by atoms with Gasteiger partial charge < -0.3 is 25.2 Å². The van der Waals surface area contributed by atoms with Crippen LogP contribution >= 0.6 is 34.8 Å². The number of Topliss-reactive ketones (excluding diaryl/α,β-unsaturated/α-hetero) is 2. The van der Waals surface area contributed by atoms with E-state index in [9.17, 15) is 24.3 Å². The van der Waals surface area contributed by atoms with Crippen molar-refractivity contribution in [3.8, 4) is 11.4 Å². The van der Waals surface area contributed by atoms with E-state index in [0.29, 0.717) is 32.1 Å². The third-order valence-electron chi connectivity index (χ3n) is 4.42. The molecule has 4 rings (SSSR count). The van der Waals surface area contributed by atoms with Crippen LogP contribution in [0.25, 0.3) is 11.4 Å². The quantitative estimate of drug-likeness (QED) is 0.146. The van der Waals surface area contributed by atoms with Crippen LogP contribution in [-0.2, 0) is 9.59 Å². The van der Waals surface area contributed by atoms with Crippen LogP contribution in [0.4, 0.5) is 0 Å². The van der Waals surface area contributed by atoms with Crippen molar-refractivity contribution in [2.45, 2.75) is 26.4 Å². The van der Waals surface area contributed by atoms with Crippen molar-refractivity contribution in [2.24, 2.45) is 0 Å². The van der Waals surface area contributed by atoms with Gasteiger partial charge >= 0.3 is 51.4 Å². The number of carbonyl (C=O) groups excluding carboxylic acids is 3. The summed E-state index contributed by atoms with van der Waals surface area (Å²) in [7, 11) is 1.00. The number of hydrogen-bond donors (Lipinski definition) is 4. The van der Waals surface area contributed by atoms with Crippen LogP contribution in [0.15, 0.2) is 71.9 Å². The van der Waals surface area contributed by atoms with Gasteiger partial charge in [0.25, 0.3) is 11.5 Å². The Balaban J connectivity index is 0. The second kappa shape index (κ2) is 25.2. The Bertz CT molecular complexity index is 1550. The molecular weight excluding hydrogens is 696 g/mol. The average Bonchev–Trinajstić information content (AvgIpc) is 3.00. The molecule has 0 bridgehead atoms. The summed E-state index contributed by atoms with van der Waals surface area (Å²) in [5.41, 5.74) is 1.55. The Morgan fingerprint density at radius 2 is 1.22 bits per heavy atom. The molecule has 0 amide bonds. The Kier molecular flexibility index (Phi) is 24.7. The van der Waals surface area contributed by atoms with Gasteiger partial charge in [0.15, 0.2) is 11.6 Å². The van der Waals surface area contributed by atoms with Crippen molar-refractivity contribution in [1.29, 1.82) is 0 Å². The van der Waals surface area contributed by atoms with Crippen LogP contribution in [0, 0.1) is 0 Å². The summed E-state index contributed by atoms with van der Waals surface area (Å²) in [5.74, 6) is -3.14. The molecule has 46 heavy (non-hydrogen) atoms. The number of nitrogens with one attached hydrogen (secondary N) is 1. The predicted molar refractivity (Wildman–Crippen MR) is 163 cm³/mol. The van der Waals surface area contributed by atoms with E-state index in [-0.39, 0.29) is 68.4 Å². The molecule has 4 heterocycles. The minimum atomic E-state index is -1.81. The first kappa shape index (κ1) is 45.2. The molecule has 4 aromatic heterocycles. The molecule has 18 heteroatoms. The number of nitrogens with zero attached hydrogens (tertiary/aromatic N) is 4. The maximum absolute atomic E-state index is 11.3. The molecule has 240 valence electrons. The number of aromatic amines is 1. The van der Waals surface area contributed by atoms with E-state index in [1.165, 1.54) is 43.7 Å². The van der Waals surface area contributed by atoms with Gasteiger partial charge in [0.2, 0.25) is 0 Å². The number of halogens is 3. The van der Waals surface area contributed by atoms with E-state index < -0.39 is 30.2 Å². The van der Waals surface area contributed by atoms with Crippen LogP contribution in [-0.4, -0.2) is 77.2 Å². The Hall–Kier alpha value is -2.96. The maximum atomic E-state index is 11.3. The van der Waals surface area contributed by atoms with Gasteiger partial charge in [-0.05, 0) is 42.5 Å². The Labute approximate surface area is 320 Å². The topological polar surface area (TPSA) is 236 Å². The van der Waals surface area contributed by atoms with Gasteiger partial charge in [-0.1, -0.05) is 34.8 Å². The molecule has 0 fully saturated rings. The third-order valence-corrected chi connectivity index (χ3v) is 5.09. The molecule has 14 nitrogen and oxygen atoms in total. The second-order valence-electron chi connectivity index (χ2n) is 7.93. The fourth-order valence-corrected chi connectivity index (χ4v) is 2.84. The van der Waals surface area contributed by atoms with Gasteiger partial charge in [-0.25, -0.2) is 5.10 Å². The number of aliphatic carboxylic acids is 2. The summed E-state index contributed by atoms with van der Waals surface area (Å²) in [6, 6.07) is 12.5. The van der Waals surface area contributed by atoms with Crippen molar-refractivity contribution < 1.29 is 91.0 Å². The Morgan fingerprint density at radius 1 is 0.783 bits per heavy atom. The smallest absolute Gasteiger partial charge is 0.547 e. The zero-order chi connectivity index (χ0) is 34.5. The number of aromatic nitrogens is 5. The molecule has 1 unspecified atom stereocenters. The molecule has 0 radical (unpaired) electrons. The van der Waals surface area contributed by atoms with Gasteiger partial charge in [0.1, 0.15) is 23.2 Å². The molecule has 0 aliphatic carbocycles. The van der Waals surface area contributed by atoms with E-state index in [1.54, 1.807) is 30.3 Å². The number of carbonyl (C=O) groups is 4. The number of aliphatic hydroxyl groups excluding tert-OH is 2. The number of carboxylic acids is 2. The van der Waals surface area contributed by atoms with Crippen LogP contribution in [0.3, 0.4) is 0 Å². The summed E-state index contributed by atoms with van der Waals surface area (Å²) in [5, 5.41) is 41.1. The molecule has 0 spiro atoms. The summed E-state index contributed by atoms with van der Waals surface area (Å²) in [6.45, 7) is 2.55. The van der Waals surface area contributed by atoms with Crippen molar-refractivity contribution >= 4 is 58.3 Å². The molecule has 0 saturated carbocycles.